The van der Waals surface area contributed by atoms with Crippen LogP contribution in [0.5, 0.6) is 0 Å². The van der Waals surface area contributed by atoms with Crippen LogP contribution in [0.4, 0.5) is 0 Å². The molecule has 1 saturated heterocycles. The molecule has 17 heavy (non-hydrogen) atoms. The van der Waals surface area contributed by atoms with Gasteiger partial charge in [-0.2, -0.15) is 4.31 Å². The molecule has 0 aliphatic carbocycles. The number of hydrogen-bond acceptors (Lipinski definition) is 4. The van der Waals surface area contributed by atoms with Gasteiger partial charge in [-0.3, -0.25) is 0 Å². The molecule has 5 nitrogen and oxygen atoms in total. The Kier molecular flexibility index (Phi) is 4.95. The lowest BCUT2D eigenvalue weighted by Gasteiger charge is -2.40. The van der Waals surface area contributed by atoms with Gasteiger partial charge in [0, 0.05) is 19.7 Å². The highest BCUT2D eigenvalue weighted by atomic mass is 32.2. The van der Waals surface area contributed by atoms with Crippen molar-refractivity contribution >= 4 is 10.0 Å². The zero-order chi connectivity index (χ0) is 13.1. The first-order chi connectivity index (χ1) is 7.77. The fourth-order valence-electron chi connectivity index (χ4n) is 2.13. The van der Waals surface area contributed by atoms with Crippen molar-refractivity contribution in [2.75, 3.05) is 25.4 Å². The van der Waals surface area contributed by atoms with E-state index in [4.69, 9.17) is 9.84 Å². The Hall–Kier alpha value is -0.170. The highest BCUT2D eigenvalue weighted by Crippen LogP contribution is 2.23. The average Bonchev–Trinajstić information content (AvgIpc) is 2.14. The van der Waals surface area contributed by atoms with E-state index in [0.29, 0.717) is 25.9 Å². The van der Waals surface area contributed by atoms with Crippen molar-refractivity contribution in [3.63, 3.8) is 0 Å². The fraction of sp³-hybridized carbons (Fsp3) is 1.00. The van der Waals surface area contributed by atoms with Crippen molar-refractivity contribution in [3.05, 3.63) is 0 Å². The van der Waals surface area contributed by atoms with Crippen LogP contribution in [0.1, 0.15) is 33.6 Å². The van der Waals surface area contributed by atoms with Gasteiger partial charge in [-0.25, -0.2) is 8.42 Å². The Morgan fingerprint density at radius 1 is 1.41 bits per heavy atom. The third-order valence-electron chi connectivity index (χ3n) is 2.74. The lowest BCUT2D eigenvalue weighted by Crippen LogP contribution is -2.54. The molecule has 0 radical (unpaired) electrons. The molecule has 1 heterocycles. The molecule has 0 amide bonds. The van der Waals surface area contributed by atoms with Crippen molar-refractivity contribution in [1.82, 2.24) is 4.31 Å². The lowest BCUT2D eigenvalue weighted by molar-refractivity contribution is -0.109. The smallest absolute Gasteiger partial charge is 0.214 e. The molecular formula is C11H23NO4S. The van der Waals surface area contributed by atoms with E-state index >= 15 is 0 Å². The molecule has 0 spiro atoms. The maximum absolute atomic E-state index is 12.1. The van der Waals surface area contributed by atoms with E-state index < -0.39 is 15.6 Å². The van der Waals surface area contributed by atoms with Gasteiger partial charge in [-0.1, -0.05) is 0 Å². The minimum Gasteiger partial charge on any atom is -0.396 e. The van der Waals surface area contributed by atoms with Crippen molar-refractivity contribution < 1.29 is 18.3 Å². The van der Waals surface area contributed by atoms with Gasteiger partial charge in [-0.15, -0.1) is 0 Å². The molecule has 0 aromatic heterocycles. The Morgan fingerprint density at radius 3 is 2.59 bits per heavy atom. The van der Waals surface area contributed by atoms with E-state index in [-0.39, 0.29) is 18.5 Å². The van der Waals surface area contributed by atoms with Crippen LogP contribution in [0.3, 0.4) is 0 Å². The van der Waals surface area contributed by atoms with Crippen LogP contribution >= 0.6 is 0 Å². The number of nitrogens with zero attached hydrogens (tertiary/aromatic N) is 1. The average molecular weight is 265 g/mol. The van der Waals surface area contributed by atoms with Gasteiger partial charge in [0.25, 0.3) is 0 Å². The van der Waals surface area contributed by atoms with E-state index in [1.807, 2.05) is 20.8 Å². The SMILES string of the molecule is CC1CN(S(=O)(=O)CCCCO)CC(C)(C)O1. The van der Waals surface area contributed by atoms with E-state index in [9.17, 15) is 8.42 Å². The molecule has 1 fully saturated rings. The Bertz CT molecular complexity index is 339. The van der Waals surface area contributed by atoms with E-state index in [2.05, 4.69) is 0 Å². The van der Waals surface area contributed by atoms with Crippen LogP contribution in [0.25, 0.3) is 0 Å². The minimum absolute atomic E-state index is 0.0422. The van der Waals surface area contributed by atoms with Crippen molar-refractivity contribution in [2.45, 2.75) is 45.3 Å². The summed E-state index contributed by atoms with van der Waals surface area (Å²) in [5.74, 6) is 0.108. The normalized spacial score (nSPS) is 26.0. The summed E-state index contributed by atoms with van der Waals surface area (Å²) in [7, 11) is -3.22. The van der Waals surface area contributed by atoms with Gasteiger partial charge < -0.3 is 9.84 Å². The number of morpholine rings is 1. The molecule has 0 saturated carbocycles. The molecule has 1 rings (SSSR count). The highest BCUT2D eigenvalue weighted by molar-refractivity contribution is 7.89. The molecule has 0 bridgehead atoms. The van der Waals surface area contributed by atoms with Crippen LogP contribution in [0.15, 0.2) is 0 Å². The number of aliphatic hydroxyl groups is 1. The molecule has 1 aliphatic heterocycles. The molecular weight excluding hydrogens is 242 g/mol. The summed E-state index contributed by atoms with van der Waals surface area (Å²) >= 11 is 0. The summed E-state index contributed by atoms with van der Waals surface area (Å²) in [5, 5.41) is 8.67. The topological polar surface area (TPSA) is 66.8 Å². The fourth-order valence-corrected chi connectivity index (χ4v) is 3.90. The molecule has 0 aromatic carbocycles. The maximum atomic E-state index is 12.1. The standard InChI is InChI=1S/C11H23NO4S/c1-10-8-12(9-11(2,3)16-10)17(14,15)7-5-4-6-13/h10,13H,4-9H2,1-3H3. The zero-order valence-electron chi connectivity index (χ0n) is 10.8. The summed E-state index contributed by atoms with van der Waals surface area (Å²) in [6.45, 7) is 6.55. The Morgan fingerprint density at radius 2 is 2.06 bits per heavy atom. The largest absolute Gasteiger partial charge is 0.396 e. The molecule has 1 aliphatic rings. The number of aliphatic hydroxyl groups excluding tert-OH is 1. The zero-order valence-corrected chi connectivity index (χ0v) is 11.7. The first-order valence-electron chi connectivity index (χ1n) is 6.03. The van der Waals surface area contributed by atoms with Gasteiger partial charge in [0.05, 0.1) is 17.5 Å². The predicted octanol–water partition coefficient (Wildman–Crippen LogP) is 0.588. The van der Waals surface area contributed by atoms with Crippen LogP contribution < -0.4 is 0 Å². The number of sulfonamides is 1. The van der Waals surface area contributed by atoms with Gasteiger partial charge in [0.2, 0.25) is 10.0 Å². The van der Waals surface area contributed by atoms with Crippen LogP contribution in [0.2, 0.25) is 0 Å². The lowest BCUT2D eigenvalue weighted by atomic mass is 10.1. The molecule has 1 N–H and O–H groups in total. The monoisotopic (exact) mass is 265 g/mol. The molecule has 6 heteroatoms. The predicted molar refractivity (Wildman–Crippen MR) is 66.3 cm³/mol. The van der Waals surface area contributed by atoms with E-state index in [1.54, 1.807) is 0 Å². The van der Waals surface area contributed by atoms with Gasteiger partial charge in [-0.05, 0) is 33.6 Å². The van der Waals surface area contributed by atoms with Gasteiger partial charge in [0.15, 0.2) is 0 Å². The second kappa shape index (κ2) is 5.65. The second-order valence-electron chi connectivity index (χ2n) is 5.23. The highest BCUT2D eigenvalue weighted by Gasteiger charge is 2.36. The summed E-state index contributed by atoms with van der Waals surface area (Å²) in [4.78, 5) is 0. The Labute approximate surface area is 104 Å². The van der Waals surface area contributed by atoms with Crippen LogP contribution in [-0.2, 0) is 14.8 Å². The van der Waals surface area contributed by atoms with Crippen LogP contribution in [0, 0.1) is 0 Å². The summed E-state index contributed by atoms with van der Waals surface area (Å²) < 4.78 is 31.4. The molecule has 1 atom stereocenters. The quantitative estimate of drug-likeness (QED) is 0.739. The first kappa shape index (κ1) is 14.9. The second-order valence-corrected chi connectivity index (χ2v) is 7.32. The number of ether oxygens (including phenoxy) is 1. The van der Waals surface area contributed by atoms with Gasteiger partial charge in [0.1, 0.15) is 0 Å². The maximum Gasteiger partial charge on any atom is 0.214 e. The molecule has 1 unspecified atom stereocenters. The van der Waals surface area contributed by atoms with Crippen molar-refractivity contribution in [3.8, 4) is 0 Å². The summed E-state index contributed by atoms with van der Waals surface area (Å²) in [5.41, 5.74) is -0.429. The number of hydrogen-bond donors (Lipinski definition) is 1. The summed E-state index contributed by atoms with van der Waals surface area (Å²) in [6.07, 6.45) is 0.958. The van der Waals surface area contributed by atoms with Crippen molar-refractivity contribution in [2.24, 2.45) is 0 Å². The summed E-state index contributed by atoms with van der Waals surface area (Å²) in [6, 6.07) is 0. The van der Waals surface area contributed by atoms with Crippen LogP contribution in [-0.4, -0.2) is 55.0 Å². The van der Waals surface area contributed by atoms with E-state index in [0.717, 1.165) is 0 Å². The van der Waals surface area contributed by atoms with Gasteiger partial charge >= 0.3 is 0 Å². The third kappa shape index (κ3) is 4.54. The van der Waals surface area contributed by atoms with Crippen molar-refractivity contribution in [1.29, 1.82) is 0 Å². The molecule has 102 valence electrons. The first-order valence-corrected chi connectivity index (χ1v) is 7.64. The minimum atomic E-state index is -3.22. The number of rotatable bonds is 5. The molecule has 0 aromatic rings. The number of unbranched alkanes of at least 4 members (excludes halogenated alkanes) is 1. The van der Waals surface area contributed by atoms with E-state index in [1.165, 1.54) is 4.31 Å². The Balaban J connectivity index is 2.64. The third-order valence-corrected chi connectivity index (χ3v) is 4.61.